The average Bonchev–Trinajstić information content (AvgIpc) is 3.16. The Labute approximate surface area is 155 Å². The van der Waals surface area contributed by atoms with E-state index < -0.39 is 39.3 Å². The zero-order valence-corrected chi connectivity index (χ0v) is 15.3. The van der Waals surface area contributed by atoms with Gasteiger partial charge in [-0.3, -0.25) is 9.59 Å². The van der Waals surface area contributed by atoms with Crippen LogP contribution in [0.25, 0.3) is 0 Å². The minimum Gasteiger partial charge on any atom is -0.468 e. The maximum absolute atomic E-state index is 13.1. The second-order valence-corrected chi connectivity index (χ2v) is 7.59. The van der Waals surface area contributed by atoms with Crippen molar-refractivity contribution in [1.82, 2.24) is 10.6 Å². The van der Waals surface area contributed by atoms with Crippen LogP contribution in [0.5, 0.6) is 0 Å². The Bertz CT molecular complexity index is 865. The number of amides is 2. The highest BCUT2D eigenvalue weighted by Gasteiger charge is 2.32. The van der Waals surface area contributed by atoms with Crippen molar-refractivity contribution < 1.29 is 31.6 Å². The molecule has 2 rings (SSSR count). The van der Waals surface area contributed by atoms with E-state index in [9.17, 15) is 22.4 Å². The van der Waals surface area contributed by atoms with E-state index in [0.717, 1.165) is 24.3 Å². The van der Waals surface area contributed by atoms with Crippen LogP contribution in [0.2, 0.25) is 0 Å². The third-order valence-electron chi connectivity index (χ3n) is 3.62. The fourth-order valence-electron chi connectivity index (χ4n) is 2.24. The van der Waals surface area contributed by atoms with E-state index in [1.54, 1.807) is 0 Å². The number of nitrogens with one attached hydrogen (secondary N) is 2. The molecule has 0 saturated heterocycles. The van der Waals surface area contributed by atoms with E-state index >= 15 is 0 Å². The minimum atomic E-state index is -4.01. The van der Waals surface area contributed by atoms with Gasteiger partial charge in [-0.2, -0.15) is 0 Å². The standard InChI is InChI=1S/C17H19FN2O6S/c1-25-10-8-19-16(21)17(22)20-11-15(14-3-2-9-26-14)27(23,24)13-6-4-12(18)5-7-13/h2-7,9,15H,8,10-11H2,1H3,(H,19,21)(H,20,22)/t15-/m0/s1. The molecule has 0 aliphatic carbocycles. The molecule has 0 saturated carbocycles. The van der Waals surface area contributed by atoms with Crippen molar-refractivity contribution in [2.75, 3.05) is 26.8 Å². The topological polar surface area (TPSA) is 115 Å². The summed E-state index contributed by atoms with van der Waals surface area (Å²) >= 11 is 0. The predicted octanol–water partition coefficient (Wildman–Crippen LogP) is 0.812. The molecule has 0 aliphatic heterocycles. The summed E-state index contributed by atoms with van der Waals surface area (Å²) in [5.41, 5.74) is 0. The number of furan rings is 1. The summed E-state index contributed by atoms with van der Waals surface area (Å²) in [5, 5.41) is 3.32. The molecule has 2 N–H and O–H groups in total. The van der Waals surface area contributed by atoms with Gasteiger partial charge in [0.1, 0.15) is 16.8 Å². The highest BCUT2D eigenvalue weighted by atomic mass is 32.2. The first kappa shape index (κ1) is 20.6. The van der Waals surface area contributed by atoms with Crippen molar-refractivity contribution in [3.8, 4) is 0 Å². The van der Waals surface area contributed by atoms with Gasteiger partial charge in [-0.25, -0.2) is 12.8 Å². The third-order valence-corrected chi connectivity index (χ3v) is 5.70. The second-order valence-electron chi connectivity index (χ2n) is 5.46. The molecule has 0 unspecified atom stereocenters. The van der Waals surface area contributed by atoms with Gasteiger partial charge in [-0.1, -0.05) is 0 Å². The first-order chi connectivity index (χ1) is 12.9. The Balaban J connectivity index is 2.15. The molecule has 2 amide bonds. The van der Waals surface area contributed by atoms with E-state index in [2.05, 4.69) is 10.6 Å². The lowest BCUT2D eigenvalue weighted by atomic mass is 10.3. The van der Waals surface area contributed by atoms with Crippen LogP contribution in [-0.4, -0.2) is 47.0 Å². The molecule has 0 spiro atoms. The maximum Gasteiger partial charge on any atom is 0.309 e. The number of ether oxygens (including phenoxy) is 1. The summed E-state index contributed by atoms with van der Waals surface area (Å²) in [7, 11) is -2.56. The van der Waals surface area contributed by atoms with Gasteiger partial charge in [-0.05, 0) is 36.4 Å². The van der Waals surface area contributed by atoms with Crippen LogP contribution in [-0.2, 0) is 24.2 Å². The largest absolute Gasteiger partial charge is 0.468 e. The second kappa shape index (κ2) is 9.28. The fourth-order valence-corrected chi connectivity index (χ4v) is 3.83. The van der Waals surface area contributed by atoms with Gasteiger partial charge in [0, 0.05) is 20.2 Å². The van der Waals surface area contributed by atoms with Gasteiger partial charge in [0.25, 0.3) is 0 Å². The molecular weight excluding hydrogens is 379 g/mol. The molecule has 146 valence electrons. The summed E-state index contributed by atoms with van der Waals surface area (Å²) in [6.07, 6.45) is 1.29. The number of hydrogen-bond donors (Lipinski definition) is 2. The van der Waals surface area contributed by atoms with E-state index in [0.29, 0.717) is 0 Å². The van der Waals surface area contributed by atoms with E-state index in [-0.39, 0.29) is 23.8 Å². The van der Waals surface area contributed by atoms with E-state index in [1.165, 1.54) is 25.5 Å². The molecule has 0 radical (unpaired) electrons. The molecule has 0 bridgehead atoms. The summed E-state index contributed by atoms with van der Waals surface area (Å²) in [6, 6.07) is 7.24. The molecule has 1 aromatic carbocycles. The zero-order chi connectivity index (χ0) is 19.9. The lowest BCUT2D eigenvalue weighted by Gasteiger charge is -2.16. The summed E-state index contributed by atoms with van der Waals surface area (Å²) in [5.74, 6) is -2.40. The average molecular weight is 398 g/mol. The molecule has 1 heterocycles. The number of rotatable bonds is 8. The first-order valence-electron chi connectivity index (χ1n) is 7.94. The SMILES string of the molecule is COCCNC(=O)C(=O)NC[C@@H](c1ccco1)S(=O)(=O)c1ccc(F)cc1. The first-order valence-corrected chi connectivity index (χ1v) is 9.48. The molecule has 27 heavy (non-hydrogen) atoms. The van der Waals surface area contributed by atoms with E-state index in [1.807, 2.05) is 0 Å². The van der Waals surface area contributed by atoms with Crippen LogP contribution in [0.3, 0.4) is 0 Å². The smallest absolute Gasteiger partial charge is 0.309 e. The monoisotopic (exact) mass is 398 g/mol. The van der Waals surface area contributed by atoms with Crippen molar-refractivity contribution in [2.45, 2.75) is 10.1 Å². The van der Waals surface area contributed by atoms with Crippen molar-refractivity contribution in [3.63, 3.8) is 0 Å². The van der Waals surface area contributed by atoms with Crippen molar-refractivity contribution in [3.05, 3.63) is 54.2 Å². The number of sulfone groups is 1. The molecule has 8 nitrogen and oxygen atoms in total. The highest BCUT2D eigenvalue weighted by Crippen LogP contribution is 2.29. The van der Waals surface area contributed by atoms with Crippen LogP contribution < -0.4 is 10.6 Å². The number of methoxy groups -OCH3 is 1. The summed E-state index contributed by atoms with van der Waals surface area (Å²) in [6.45, 7) is -0.0328. The lowest BCUT2D eigenvalue weighted by molar-refractivity contribution is -0.139. The number of carbonyl (C=O) groups is 2. The number of hydrogen-bond acceptors (Lipinski definition) is 6. The fraction of sp³-hybridized carbons (Fsp3) is 0.294. The van der Waals surface area contributed by atoms with Crippen molar-refractivity contribution >= 4 is 21.7 Å². The van der Waals surface area contributed by atoms with Gasteiger partial charge < -0.3 is 19.8 Å². The molecule has 1 atom stereocenters. The van der Waals surface area contributed by atoms with Crippen LogP contribution in [0.15, 0.2) is 52.0 Å². The van der Waals surface area contributed by atoms with Gasteiger partial charge in [0.2, 0.25) is 0 Å². The number of halogens is 1. The summed E-state index contributed by atoms with van der Waals surface area (Å²) < 4.78 is 48.8. The zero-order valence-electron chi connectivity index (χ0n) is 14.5. The Morgan fingerprint density at radius 1 is 1.15 bits per heavy atom. The van der Waals surface area contributed by atoms with Gasteiger partial charge in [0.15, 0.2) is 9.84 Å². The minimum absolute atomic E-state index is 0.0828. The molecule has 10 heteroatoms. The van der Waals surface area contributed by atoms with Crippen LogP contribution in [0.4, 0.5) is 4.39 Å². The molecule has 1 aromatic heterocycles. The third kappa shape index (κ3) is 5.38. The number of carbonyl (C=O) groups excluding carboxylic acids is 2. The van der Waals surface area contributed by atoms with Crippen molar-refractivity contribution in [2.24, 2.45) is 0 Å². The Morgan fingerprint density at radius 3 is 2.41 bits per heavy atom. The van der Waals surface area contributed by atoms with Gasteiger partial charge in [0.05, 0.1) is 17.8 Å². The molecular formula is C17H19FN2O6S. The van der Waals surface area contributed by atoms with Crippen LogP contribution >= 0.6 is 0 Å². The van der Waals surface area contributed by atoms with Crippen molar-refractivity contribution in [1.29, 1.82) is 0 Å². The molecule has 0 fully saturated rings. The Hall–Kier alpha value is -2.72. The molecule has 2 aromatic rings. The van der Waals surface area contributed by atoms with Gasteiger partial charge in [-0.15, -0.1) is 0 Å². The van der Waals surface area contributed by atoms with Crippen LogP contribution in [0, 0.1) is 5.82 Å². The maximum atomic E-state index is 13.1. The quantitative estimate of drug-likeness (QED) is 0.386. The highest BCUT2D eigenvalue weighted by molar-refractivity contribution is 7.91. The lowest BCUT2D eigenvalue weighted by Crippen LogP contribution is -2.43. The molecule has 0 aliphatic rings. The van der Waals surface area contributed by atoms with E-state index in [4.69, 9.17) is 9.15 Å². The summed E-state index contributed by atoms with van der Waals surface area (Å²) in [4.78, 5) is 23.4. The Kier molecular flexibility index (Phi) is 7.08. The Morgan fingerprint density at radius 2 is 1.81 bits per heavy atom. The number of benzene rings is 1. The van der Waals surface area contributed by atoms with Crippen LogP contribution in [0.1, 0.15) is 11.0 Å². The predicted molar refractivity (Wildman–Crippen MR) is 92.9 cm³/mol. The van der Waals surface area contributed by atoms with Gasteiger partial charge >= 0.3 is 11.8 Å². The normalized spacial score (nSPS) is 12.4.